The minimum atomic E-state index is -0.678. The summed E-state index contributed by atoms with van der Waals surface area (Å²) in [5.41, 5.74) is 2.09. The van der Waals surface area contributed by atoms with Gasteiger partial charge >= 0.3 is 0 Å². The Morgan fingerprint density at radius 2 is 2.10 bits per heavy atom. The topological polar surface area (TPSA) is 29.5 Å². The zero-order chi connectivity index (χ0) is 7.72. The first kappa shape index (κ1) is 8.24. The van der Waals surface area contributed by atoms with Crippen molar-refractivity contribution < 1.29 is 9.84 Å². The number of alkyl halides is 1. The predicted octanol–water partition coefficient (Wildman–Crippen LogP) is 1.43. The Bertz CT molecular complexity index is 165. The highest BCUT2D eigenvalue weighted by atomic mass is 79.9. The third-order valence-corrected chi connectivity index (χ3v) is 2.50. The average Bonchev–Trinajstić information content (AvgIpc) is 2.17. The molecule has 0 radical (unpaired) electrons. The van der Waals surface area contributed by atoms with Crippen LogP contribution in [0.25, 0.3) is 0 Å². The molecule has 0 saturated heterocycles. The zero-order valence-corrected chi connectivity index (χ0v) is 7.68. The molecule has 1 aliphatic heterocycles. The van der Waals surface area contributed by atoms with Crippen molar-refractivity contribution >= 4 is 15.9 Å². The lowest BCUT2D eigenvalue weighted by atomic mass is 10.1. The molecule has 1 rings (SSSR count). The van der Waals surface area contributed by atoms with Gasteiger partial charge in [0.15, 0.2) is 6.29 Å². The van der Waals surface area contributed by atoms with Gasteiger partial charge in [0.2, 0.25) is 0 Å². The lowest BCUT2D eigenvalue weighted by Crippen LogP contribution is -2.14. The zero-order valence-electron chi connectivity index (χ0n) is 6.10. The summed E-state index contributed by atoms with van der Waals surface area (Å²) in [5, 5.41) is 9.93. The van der Waals surface area contributed by atoms with Crippen LogP contribution < -0.4 is 0 Å². The Labute approximate surface area is 69.0 Å². The summed E-state index contributed by atoms with van der Waals surface area (Å²) in [6.07, 6.45) is -0.613. The first-order valence-corrected chi connectivity index (χ1v) is 4.35. The lowest BCUT2D eigenvalue weighted by Gasteiger charge is -2.07. The fraction of sp³-hybridized carbons (Fsp3) is 0.714. The van der Waals surface area contributed by atoms with Crippen LogP contribution in [0.3, 0.4) is 0 Å². The summed E-state index contributed by atoms with van der Waals surface area (Å²) >= 11 is 3.30. The van der Waals surface area contributed by atoms with Crippen LogP contribution in [0.4, 0.5) is 0 Å². The van der Waals surface area contributed by atoms with Crippen molar-refractivity contribution in [3.8, 4) is 0 Å². The number of ether oxygens (including phenoxy) is 1. The van der Waals surface area contributed by atoms with E-state index >= 15 is 0 Å². The van der Waals surface area contributed by atoms with Crippen molar-refractivity contribution in [2.75, 3.05) is 5.33 Å². The van der Waals surface area contributed by atoms with E-state index in [-0.39, 0.29) is 6.10 Å². The maximum atomic E-state index is 9.17. The highest BCUT2D eigenvalue weighted by molar-refractivity contribution is 9.09. The molecule has 0 fully saturated rings. The van der Waals surface area contributed by atoms with Gasteiger partial charge in [0.1, 0.15) is 0 Å². The highest BCUT2D eigenvalue weighted by Crippen LogP contribution is 2.25. The molecule has 0 aliphatic carbocycles. The molecular weight excluding hydrogens is 196 g/mol. The van der Waals surface area contributed by atoms with Crippen LogP contribution >= 0.6 is 15.9 Å². The Kier molecular flexibility index (Phi) is 2.50. The number of hydrogen-bond donors (Lipinski definition) is 1. The van der Waals surface area contributed by atoms with Gasteiger partial charge in [-0.1, -0.05) is 15.9 Å². The van der Waals surface area contributed by atoms with E-state index in [0.29, 0.717) is 0 Å². The molecule has 1 aliphatic rings. The summed E-state index contributed by atoms with van der Waals surface area (Å²) in [7, 11) is 0. The monoisotopic (exact) mass is 206 g/mol. The van der Waals surface area contributed by atoms with Gasteiger partial charge < -0.3 is 9.84 Å². The second-order valence-electron chi connectivity index (χ2n) is 2.50. The van der Waals surface area contributed by atoms with Crippen LogP contribution in [0.1, 0.15) is 13.8 Å². The van der Waals surface area contributed by atoms with Crippen LogP contribution in [-0.2, 0) is 4.74 Å². The smallest absolute Gasteiger partial charge is 0.177 e. The molecule has 0 aromatic carbocycles. The molecule has 0 aromatic heterocycles. The van der Waals surface area contributed by atoms with E-state index in [0.717, 1.165) is 16.5 Å². The van der Waals surface area contributed by atoms with Crippen molar-refractivity contribution in [1.82, 2.24) is 0 Å². The highest BCUT2D eigenvalue weighted by Gasteiger charge is 2.26. The van der Waals surface area contributed by atoms with Crippen LogP contribution in [0.2, 0.25) is 0 Å². The normalized spacial score (nSPS) is 33.6. The molecule has 0 spiro atoms. The molecule has 1 heterocycles. The number of aliphatic hydroxyl groups excluding tert-OH is 1. The quantitative estimate of drug-likeness (QED) is 0.520. The Morgan fingerprint density at radius 3 is 2.30 bits per heavy atom. The molecule has 2 unspecified atom stereocenters. The summed E-state index contributed by atoms with van der Waals surface area (Å²) in [4.78, 5) is 0. The largest absolute Gasteiger partial charge is 0.364 e. The van der Waals surface area contributed by atoms with E-state index in [1.165, 1.54) is 0 Å². The van der Waals surface area contributed by atoms with Crippen LogP contribution in [0.5, 0.6) is 0 Å². The van der Waals surface area contributed by atoms with Crippen molar-refractivity contribution in [2.45, 2.75) is 26.2 Å². The molecule has 3 heteroatoms. The Hall–Kier alpha value is 0.140. The van der Waals surface area contributed by atoms with Gasteiger partial charge in [-0.2, -0.15) is 0 Å². The fourth-order valence-corrected chi connectivity index (χ4v) is 1.60. The summed E-state index contributed by atoms with van der Waals surface area (Å²) < 4.78 is 5.17. The van der Waals surface area contributed by atoms with E-state index in [1.807, 2.05) is 13.8 Å². The summed E-state index contributed by atoms with van der Waals surface area (Å²) in [6.45, 7) is 3.88. The molecule has 58 valence electrons. The minimum absolute atomic E-state index is 0.0648. The average molecular weight is 207 g/mol. The predicted molar refractivity (Wildman–Crippen MR) is 43.0 cm³/mol. The van der Waals surface area contributed by atoms with Gasteiger partial charge in [0, 0.05) is 5.33 Å². The first-order valence-electron chi connectivity index (χ1n) is 3.23. The molecule has 2 atom stereocenters. The Morgan fingerprint density at radius 1 is 1.50 bits per heavy atom. The van der Waals surface area contributed by atoms with Crippen LogP contribution in [0.15, 0.2) is 11.1 Å². The summed E-state index contributed by atoms with van der Waals surface area (Å²) in [5.74, 6) is 0. The molecule has 1 N–H and O–H groups in total. The third kappa shape index (κ3) is 1.26. The van der Waals surface area contributed by atoms with E-state index in [9.17, 15) is 0 Å². The van der Waals surface area contributed by atoms with E-state index in [4.69, 9.17) is 9.84 Å². The second kappa shape index (κ2) is 3.03. The maximum Gasteiger partial charge on any atom is 0.177 e. The van der Waals surface area contributed by atoms with Crippen molar-refractivity contribution in [3.63, 3.8) is 0 Å². The number of rotatable bonds is 1. The van der Waals surface area contributed by atoms with Crippen LogP contribution in [0, 0.1) is 0 Å². The minimum Gasteiger partial charge on any atom is -0.364 e. The molecule has 2 nitrogen and oxygen atoms in total. The van der Waals surface area contributed by atoms with Gasteiger partial charge in [-0.25, -0.2) is 0 Å². The lowest BCUT2D eigenvalue weighted by molar-refractivity contribution is -0.0733. The van der Waals surface area contributed by atoms with Crippen molar-refractivity contribution in [3.05, 3.63) is 11.1 Å². The standard InChI is InChI=1S/C7H11BrO2/c1-4-5(2)7(9)10-6(4)3-8/h6-7,9H,3H2,1-2H3. The molecule has 0 amide bonds. The molecule has 10 heavy (non-hydrogen) atoms. The number of aliphatic hydroxyl groups is 1. The SMILES string of the molecule is CC1=C(C)C(CBr)OC1O. The van der Waals surface area contributed by atoms with Gasteiger partial charge in [-0.3, -0.25) is 0 Å². The van der Waals surface area contributed by atoms with Gasteiger partial charge in [0.05, 0.1) is 6.10 Å². The summed E-state index contributed by atoms with van der Waals surface area (Å²) in [6, 6.07) is 0. The first-order chi connectivity index (χ1) is 4.66. The number of hydrogen-bond acceptors (Lipinski definition) is 2. The second-order valence-corrected chi connectivity index (χ2v) is 3.14. The van der Waals surface area contributed by atoms with E-state index < -0.39 is 6.29 Å². The molecule has 0 bridgehead atoms. The Balaban J connectivity index is 2.73. The molecule has 0 aromatic rings. The third-order valence-electron chi connectivity index (χ3n) is 1.91. The number of halogens is 1. The van der Waals surface area contributed by atoms with Gasteiger partial charge in [-0.05, 0) is 25.0 Å². The molecule has 0 saturated carbocycles. The fourth-order valence-electron chi connectivity index (χ4n) is 0.961. The van der Waals surface area contributed by atoms with Crippen molar-refractivity contribution in [1.29, 1.82) is 0 Å². The van der Waals surface area contributed by atoms with Gasteiger partial charge in [-0.15, -0.1) is 0 Å². The molecular formula is C7H11BrO2. The van der Waals surface area contributed by atoms with E-state index in [1.54, 1.807) is 0 Å². The van der Waals surface area contributed by atoms with Crippen LogP contribution in [-0.4, -0.2) is 22.8 Å². The van der Waals surface area contributed by atoms with Gasteiger partial charge in [0.25, 0.3) is 0 Å². The maximum absolute atomic E-state index is 9.17. The van der Waals surface area contributed by atoms with E-state index in [2.05, 4.69) is 15.9 Å². The van der Waals surface area contributed by atoms with Crippen molar-refractivity contribution in [2.24, 2.45) is 0 Å².